The molecule has 0 aliphatic heterocycles. The van der Waals surface area contributed by atoms with Crippen molar-refractivity contribution >= 4 is 11.4 Å². The van der Waals surface area contributed by atoms with Crippen LogP contribution in [0.15, 0.2) is 18.2 Å². The molecular weight excluding hydrogens is 148 g/mol. The van der Waals surface area contributed by atoms with Crippen LogP contribution in [0.1, 0.15) is 5.56 Å². The fourth-order valence-electron chi connectivity index (χ4n) is 1.22. The number of nitrogens with one attached hydrogen (secondary N) is 1. The van der Waals surface area contributed by atoms with E-state index >= 15 is 0 Å². The maximum Gasteiger partial charge on any atom is 0.0599 e. The fourth-order valence-corrected chi connectivity index (χ4v) is 1.22. The normalized spacial score (nSPS) is 9.67. The minimum atomic E-state index is 1.17. The molecule has 0 radical (unpaired) electrons. The topological polar surface area (TPSA) is 15.3 Å². The maximum atomic E-state index is 3.16. The highest BCUT2D eigenvalue weighted by Crippen LogP contribution is 2.24. The van der Waals surface area contributed by atoms with Gasteiger partial charge in [0.15, 0.2) is 0 Å². The molecule has 0 aliphatic rings. The van der Waals surface area contributed by atoms with Crippen molar-refractivity contribution in [1.82, 2.24) is 0 Å². The van der Waals surface area contributed by atoms with Gasteiger partial charge in [-0.25, -0.2) is 0 Å². The summed E-state index contributed by atoms with van der Waals surface area (Å²) in [4.78, 5) is 2.11. The van der Waals surface area contributed by atoms with Gasteiger partial charge in [-0.15, -0.1) is 0 Å². The lowest BCUT2D eigenvalue weighted by Gasteiger charge is -2.17. The molecule has 0 saturated heterocycles. The Morgan fingerprint density at radius 3 is 2.42 bits per heavy atom. The average Bonchev–Trinajstić information content (AvgIpc) is 2.04. The Kier molecular flexibility index (Phi) is 2.58. The summed E-state index contributed by atoms with van der Waals surface area (Å²) < 4.78 is 0. The lowest BCUT2D eigenvalue weighted by Crippen LogP contribution is -2.11. The van der Waals surface area contributed by atoms with E-state index in [9.17, 15) is 0 Å². The number of aryl methyl sites for hydroxylation is 1. The van der Waals surface area contributed by atoms with Gasteiger partial charge in [0.05, 0.1) is 11.4 Å². The largest absolute Gasteiger partial charge is 0.386 e. The third-order valence-corrected chi connectivity index (χ3v) is 1.90. The molecule has 0 amide bonds. The molecule has 0 atom stereocenters. The quantitative estimate of drug-likeness (QED) is 0.720. The number of anilines is 2. The lowest BCUT2D eigenvalue weighted by atomic mass is 10.2. The second-order valence-electron chi connectivity index (χ2n) is 3.17. The summed E-state index contributed by atoms with van der Waals surface area (Å²) in [5.74, 6) is 0. The Balaban J connectivity index is 3.12. The Morgan fingerprint density at radius 2 is 1.92 bits per heavy atom. The molecule has 0 saturated carbocycles. The molecule has 0 bridgehead atoms. The lowest BCUT2D eigenvalue weighted by molar-refractivity contribution is 1.13. The van der Waals surface area contributed by atoms with Crippen molar-refractivity contribution in [3.63, 3.8) is 0 Å². The summed E-state index contributed by atoms with van der Waals surface area (Å²) in [5, 5.41) is 3.16. The van der Waals surface area contributed by atoms with Crippen LogP contribution >= 0.6 is 0 Å². The van der Waals surface area contributed by atoms with E-state index in [2.05, 4.69) is 49.4 Å². The summed E-state index contributed by atoms with van der Waals surface area (Å²) in [5.41, 5.74) is 3.70. The summed E-state index contributed by atoms with van der Waals surface area (Å²) in [6.45, 7) is 2.10. The van der Waals surface area contributed by atoms with Crippen LogP contribution in [-0.4, -0.2) is 21.1 Å². The molecule has 66 valence electrons. The Hall–Kier alpha value is -1.18. The minimum absolute atomic E-state index is 1.17. The highest BCUT2D eigenvalue weighted by atomic mass is 15.1. The summed E-state index contributed by atoms with van der Waals surface area (Å²) in [6.07, 6.45) is 0. The van der Waals surface area contributed by atoms with Crippen LogP contribution in [0.4, 0.5) is 11.4 Å². The first-order valence-corrected chi connectivity index (χ1v) is 4.11. The molecule has 0 unspecified atom stereocenters. The van der Waals surface area contributed by atoms with Crippen LogP contribution in [0.25, 0.3) is 0 Å². The number of hydrogen-bond acceptors (Lipinski definition) is 2. The summed E-state index contributed by atoms with van der Waals surface area (Å²) in [6, 6.07) is 6.38. The molecule has 0 heterocycles. The van der Waals surface area contributed by atoms with Gasteiger partial charge in [-0.1, -0.05) is 6.07 Å². The summed E-state index contributed by atoms with van der Waals surface area (Å²) >= 11 is 0. The van der Waals surface area contributed by atoms with Crippen molar-refractivity contribution in [2.24, 2.45) is 0 Å². The molecule has 1 rings (SSSR count). The molecule has 1 N–H and O–H groups in total. The van der Waals surface area contributed by atoms with E-state index in [1.54, 1.807) is 0 Å². The van der Waals surface area contributed by atoms with Gasteiger partial charge in [0.1, 0.15) is 0 Å². The van der Waals surface area contributed by atoms with E-state index in [0.29, 0.717) is 0 Å². The predicted molar refractivity (Wildman–Crippen MR) is 55.1 cm³/mol. The van der Waals surface area contributed by atoms with Gasteiger partial charge >= 0.3 is 0 Å². The zero-order chi connectivity index (χ0) is 9.14. The van der Waals surface area contributed by atoms with Crippen LogP contribution in [0.2, 0.25) is 0 Å². The number of nitrogens with zero attached hydrogens (tertiary/aromatic N) is 1. The van der Waals surface area contributed by atoms with Gasteiger partial charge in [0.2, 0.25) is 0 Å². The highest BCUT2D eigenvalue weighted by Gasteiger charge is 2.01. The van der Waals surface area contributed by atoms with Crippen molar-refractivity contribution in [2.45, 2.75) is 6.92 Å². The van der Waals surface area contributed by atoms with Crippen molar-refractivity contribution in [3.8, 4) is 0 Å². The van der Waals surface area contributed by atoms with Crippen LogP contribution in [0, 0.1) is 6.92 Å². The molecule has 1 aromatic carbocycles. The van der Waals surface area contributed by atoms with Crippen LogP contribution in [-0.2, 0) is 0 Å². The Labute approximate surface area is 74.2 Å². The van der Waals surface area contributed by atoms with Crippen LogP contribution in [0.3, 0.4) is 0 Å². The molecule has 12 heavy (non-hydrogen) atoms. The number of benzene rings is 1. The third kappa shape index (κ3) is 1.70. The zero-order valence-electron chi connectivity index (χ0n) is 8.18. The summed E-state index contributed by atoms with van der Waals surface area (Å²) in [7, 11) is 6.04. The standard InChI is InChI=1S/C10H16N2/c1-8-5-6-9(11-2)10(7-8)12(3)4/h5-7,11H,1-4H3. The molecule has 0 aromatic heterocycles. The predicted octanol–water partition coefficient (Wildman–Crippen LogP) is 2.10. The van der Waals surface area contributed by atoms with E-state index in [1.165, 1.54) is 16.9 Å². The molecule has 0 spiro atoms. The van der Waals surface area contributed by atoms with Gasteiger partial charge < -0.3 is 10.2 Å². The smallest absolute Gasteiger partial charge is 0.0599 e. The SMILES string of the molecule is CNc1ccc(C)cc1N(C)C. The third-order valence-electron chi connectivity index (χ3n) is 1.90. The Bertz CT molecular complexity index is 267. The maximum absolute atomic E-state index is 3.16. The monoisotopic (exact) mass is 164 g/mol. The second kappa shape index (κ2) is 3.48. The molecular formula is C10H16N2. The first-order chi connectivity index (χ1) is 5.65. The fraction of sp³-hybridized carbons (Fsp3) is 0.400. The van der Waals surface area contributed by atoms with E-state index in [4.69, 9.17) is 0 Å². The van der Waals surface area contributed by atoms with Gasteiger partial charge in [0.25, 0.3) is 0 Å². The van der Waals surface area contributed by atoms with E-state index < -0.39 is 0 Å². The molecule has 1 aromatic rings. The highest BCUT2D eigenvalue weighted by molar-refractivity contribution is 5.70. The molecule has 2 nitrogen and oxygen atoms in total. The number of rotatable bonds is 2. The van der Waals surface area contributed by atoms with Crippen molar-refractivity contribution < 1.29 is 0 Å². The van der Waals surface area contributed by atoms with Gasteiger partial charge in [0, 0.05) is 21.1 Å². The average molecular weight is 164 g/mol. The van der Waals surface area contributed by atoms with Crippen molar-refractivity contribution in [2.75, 3.05) is 31.4 Å². The minimum Gasteiger partial charge on any atom is -0.386 e. The van der Waals surface area contributed by atoms with Crippen molar-refractivity contribution in [1.29, 1.82) is 0 Å². The molecule has 2 heteroatoms. The molecule has 0 fully saturated rings. The number of hydrogen-bond donors (Lipinski definition) is 1. The Morgan fingerprint density at radius 1 is 1.25 bits per heavy atom. The van der Waals surface area contributed by atoms with E-state index in [1.807, 2.05) is 7.05 Å². The van der Waals surface area contributed by atoms with Crippen molar-refractivity contribution in [3.05, 3.63) is 23.8 Å². The first-order valence-electron chi connectivity index (χ1n) is 4.11. The first kappa shape index (κ1) is 8.91. The second-order valence-corrected chi connectivity index (χ2v) is 3.17. The molecule has 0 aliphatic carbocycles. The van der Waals surface area contributed by atoms with Gasteiger partial charge in [-0.05, 0) is 24.6 Å². The van der Waals surface area contributed by atoms with Gasteiger partial charge in [-0.3, -0.25) is 0 Å². The van der Waals surface area contributed by atoms with E-state index in [0.717, 1.165) is 0 Å². The zero-order valence-corrected chi connectivity index (χ0v) is 8.18. The van der Waals surface area contributed by atoms with E-state index in [-0.39, 0.29) is 0 Å². The van der Waals surface area contributed by atoms with Gasteiger partial charge in [-0.2, -0.15) is 0 Å². The van der Waals surface area contributed by atoms with Crippen LogP contribution in [0.5, 0.6) is 0 Å². The van der Waals surface area contributed by atoms with Crippen LogP contribution < -0.4 is 10.2 Å².